The number of amides is 2. The number of carbonyl (C=O) groups is 2. The molecular formula is C21H22BrN3O3. The van der Waals surface area contributed by atoms with E-state index in [4.69, 9.17) is 4.74 Å². The van der Waals surface area contributed by atoms with E-state index in [2.05, 4.69) is 51.3 Å². The molecule has 0 spiro atoms. The first-order valence-electron chi connectivity index (χ1n) is 9.37. The van der Waals surface area contributed by atoms with Crippen molar-refractivity contribution >= 4 is 39.1 Å². The number of halogens is 1. The molecule has 1 N–H and O–H groups in total. The number of rotatable bonds is 5. The van der Waals surface area contributed by atoms with Crippen LogP contribution in [0.3, 0.4) is 0 Å². The largest absolute Gasteiger partial charge is 0.482 e. The van der Waals surface area contributed by atoms with E-state index < -0.39 is 0 Å². The van der Waals surface area contributed by atoms with Gasteiger partial charge in [0, 0.05) is 29.3 Å². The molecule has 0 saturated carbocycles. The fraction of sp³-hybridized carbons (Fsp3) is 0.333. The van der Waals surface area contributed by atoms with E-state index in [1.165, 1.54) is 16.2 Å². The van der Waals surface area contributed by atoms with Crippen LogP contribution in [0.25, 0.3) is 0 Å². The minimum absolute atomic E-state index is 0.0109. The number of nitrogens with zero attached hydrogens (tertiary/aromatic N) is 2. The van der Waals surface area contributed by atoms with Gasteiger partial charge in [0.25, 0.3) is 5.91 Å². The lowest BCUT2D eigenvalue weighted by Crippen LogP contribution is -2.46. The van der Waals surface area contributed by atoms with Crippen LogP contribution in [0.1, 0.15) is 12.5 Å². The van der Waals surface area contributed by atoms with Crippen LogP contribution in [-0.2, 0) is 16.0 Å². The molecule has 2 aliphatic rings. The zero-order valence-corrected chi connectivity index (χ0v) is 17.2. The fourth-order valence-electron chi connectivity index (χ4n) is 3.84. The van der Waals surface area contributed by atoms with Crippen molar-refractivity contribution in [2.24, 2.45) is 0 Å². The van der Waals surface area contributed by atoms with E-state index in [9.17, 15) is 9.59 Å². The van der Waals surface area contributed by atoms with Crippen LogP contribution in [-0.4, -0.2) is 44.1 Å². The Kier molecular flexibility index (Phi) is 5.26. The van der Waals surface area contributed by atoms with Gasteiger partial charge in [-0.1, -0.05) is 34.1 Å². The maximum atomic E-state index is 12.5. The van der Waals surface area contributed by atoms with Gasteiger partial charge in [0.2, 0.25) is 5.91 Å². The standard InChI is InChI=1S/C21H22BrN3O3/c1-14-10-15-4-2-3-5-17(15)24(14)9-8-23-20(26)12-25-18-7-6-16(22)11-19(18)28-13-21(25)27/h2-7,11,14H,8-10,12-13H2,1H3,(H,23,26)/t14-/m1/s1. The number of benzene rings is 2. The second kappa shape index (κ2) is 7.83. The van der Waals surface area contributed by atoms with Crippen LogP contribution in [0.2, 0.25) is 0 Å². The zero-order valence-electron chi connectivity index (χ0n) is 15.7. The van der Waals surface area contributed by atoms with E-state index >= 15 is 0 Å². The summed E-state index contributed by atoms with van der Waals surface area (Å²) in [6, 6.07) is 14.2. The number of para-hydroxylation sites is 1. The van der Waals surface area contributed by atoms with E-state index in [0.717, 1.165) is 17.4 Å². The summed E-state index contributed by atoms with van der Waals surface area (Å²) in [6.07, 6.45) is 1.03. The van der Waals surface area contributed by atoms with Gasteiger partial charge in [0.1, 0.15) is 12.3 Å². The van der Waals surface area contributed by atoms with Gasteiger partial charge in [0.15, 0.2) is 6.61 Å². The third kappa shape index (κ3) is 3.71. The number of ether oxygens (including phenoxy) is 1. The van der Waals surface area contributed by atoms with Crippen molar-refractivity contribution < 1.29 is 14.3 Å². The number of nitrogens with one attached hydrogen (secondary N) is 1. The normalized spacial score (nSPS) is 17.8. The molecule has 2 aromatic carbocycles. The molecule has 146 valence electrons. The molecule has 2 amide bonds. The average molecular weight is 444 g/mol. The van der Waals surface area contributed by atoms with Crippen LogP contribution >= 0.6 is 15.9 Å². The molecule has 28 heavy (non-hydrogen) atoms. The van der Waals surface area contributed by atoms with Crippen molar-refractivity contribution in [1.29, 1.82) is 0 Å². The number of carbonyl (C=O) groups excluding carboxylic acids is 2. The first kappa shape index (κ1) is 18.8. The summed E-state index contributed by atoms with van der Waals surface area (Å²) in [5.74, 6) is 0.209. The monoisotopic (exact) mass is 443 g/mol. The van der Waals surface area contributed by atoms with E-state index in [-0.39, 0.29) is 25.0 Å². The second-order valence-corrected chi connectivity index (χ2v) is 8.02. The highest BCUT2D eigenvalue weighted by molar-refractivity contribution is 9.10. The number of anilines is 2. The smallest absolute Gasteiger partial charge is 0.265 e. The Hall–Kier alpha value is -2.54. The van der Waals surface area contributed by atoms with Crippen molar-refractivity contribution in [3.8, 4) is 5.75 Å². The number of fused-ring (bicyclic) bond motifs is 2. The molecule has 6 nitrogen and oxygen atoms in total. The molecule has 4 rings (SSSR count). The third-order valence-corrected chi connectivity index (χ3v) is 5.68. The predicted molar refractivity (Wildman–Crippen MR) is 112 cm³/mol. The van der Waals surface area contributed by atoms with Gasteiger partial charge in [-0.05, 0) is 43.2 Å². The summed E-state index contributed by atoms with van der Waals surface area (Å²) in [4.78, 5) is 28.5. The van der Waals surface area contributed by atoms with Gasteiger partial charge in [-0.3, -0.25) is 14.5 Å². The third-order valence-electron chi connectivity index (χ3n) is 5.19. The molecule has 2 aliphatic heterocycles. The summed E-state index contributed by atoms with van der Waals surface area (Å²) < 4.78 is 6.33. The van der Waals surface area contributed by atoms with Gasteiger partial charge >= 0.3 is 0 Å². The van der Waals surface area contributed by atoms with Crippen LogP contribution in [0.4, 0.5) is 11.4 Å². The lowest BCUT2D eigenvalue weighted by molar-refractivity contribution is -0.125. The Labute approximate surface area is 172 Å². The molecule has 7 heteroatoms. The number of hydrogen-bond donors (Lipinski definition) is 1. The Bertz CT molecular complexity index is 918. The molecular weight excluding hydrogens is 422 g/mol. The maximum Gasteiger partial charge on any atom is 0.265 e. The van der Waals surface area contributed by atoms with Gasteiger partial charge in [-0.15, -0.1) is 0 Å². The van der Waals surface area contributed by atoms with Gasteiger partial charge in [-0.25, -0.2) is 0 Å². The quantitative estimate of drug-likeness (QED) is 0.771. The first-order valence-corrected chi connectivity index (χ1v) is 10.2. The summed E-state index contributed by atoms with van der Waals surface area (Å²) in [7, 11) is 0. The highest BCUT2D eigenvalue weighted by Crippen LogP contribution is 2.34. The topological polar surface area (TPSA) is 61.9 Å². The van der Waals surface area contributed by atoms with Crippen LogP contribution < -0.4 is 19.9 Å². The van der Waals surface area contributed by atoms with Gasteiger partial charge < -0.3 is 15.0 Å². The summed E-state index contributed by atoms with van der Waals surface area (Å²) in [5.41, 5.74) is 3.21. The summed E-state index contributed by atoms with van der Waals surface area (Å²) >= 11 is 3.39. The van der Waals surface area contributed by atoms with Gasteiger partial charge in [0.05, 0.1) is 5.69 Å². The molecule has 0 radical (unpaired) electrons. The molecule has 2 aromatic rings. The minimum Gasteiger partial charge on any atom is -0.482 e. The lowest BCUT2D eigenvalue weighted by Gasteiger charge is -2.29. The molecule has 0 aromatic heterocycles. The van der Waals surface area contributed by atoms with Crippen LogP contribution in [0, 0.1) is 0 Å². The first-order chi connectivity index (χ1) is 13.5. The lowest BCUT2D eigenvalue weighted by atomic mass is 10.1. The highest BCUT2D eigenvalue weighted by Gasteiger charge is 2.28. The molecule has 0 aliphatic carbocycles. The van der Waals surface area contributed by atoms with E-state index in [1.54, 1.807) is 12.1 Å². The Morgan fingerprint density at radius 1 is 1.25 bits per heavy atom. The van der Waals surface area contributed by atoms with Crippen molar-refractivity contribution in [2.75, 3.05) is 36.0 Å². The SMILES string of the molecule is C[C@@H]1Cc2ccccc2N1CCNC(=O)CN1C(=O)COc2cc(Br)ccc21. The second-order valence-electron chi connectivity index (χ2n) is 7.11. The Morgan fingerprint density at radius 3 is 2.93 bits per heavy atom. The average Bonchev–Trinajstić information content (AvgIpc) is 2.99. The molecule has 1 atom stereocenters. The predicted octanol–water partition coefficient (Wildman–Crippen LogP) is 2.74. The van der Waals surface area contributed by atoms with Crippen LogP contribution in [0.5, 0.6) is 5.75 Å². The summed E-state index contributed by atoms with van der Waals surface area (Å²) in [6.45, 7) is 3.40. The van der Waals surface area contributed by atoms with Crippen molar-refractivity contribution in [1.82, 2.24) is 5.32 Å². The summed E-state index contributed by atoms with van der Waals surface area (Å²) in [5, 5.41) is 2.95. The van der Waals surface area contributed by atoms with E-state index in [0.29, 0.717) is 24.0 Å². The van der Waals surface area contributed by atoms with Crippen molar-refractivity contribution in [3.63, 3.8) is 0 Å². The van der Waals surface area contributed by atoms with Crippen LogP contribution in [0.15, 0.2) is 46.9 Å². The molecule has 0 unspecified atom stereocenters. The maximum absolute atomic E-state index is 12.5. The zero-order chi connectivity index (χ0) is 19.7. The fourth-order valence-corrected chi connectivity index (χ4v) is 4.18. The molecule has 2 heterocycles. The Morgan fingerprint density at radius 2 is 2.07 bits per heavy atom. The van der Waals surface area contributed by atoms with Crippen molar-refractivity contribution in [3.05, 3.63) is 52.5 Å². The Balaban J connectivity index is 1.35. The van der Waals surface area contributed by atoms with E-state index in [1.807, 2.05) is 12.1 Å². The van der Waals surface area contributed by atoms with Crippen molar-refractivity contribution in [2.45, 2.75) is 19.4 Å². The highest BCUT2D eigenvalue weighted by atomic mass is 79.9. The minimum atomic E-state index is -0.216. The molecule has 0 fully saturated rings. The number of hydrogen-bond acceptors (Lipinski definition) is 4. The molecule has 0 saturated heterocycles. The van der Waals surface area contributed by atoms with Gasteiger partial charge in [-0.2, -0.15) is 0 Å². The molecule has 0 bridgehead atoms.